The number of hydrogen-bond acceptors (Lipinski definition) is 3. The van der Waals surface area contributed by atoms with Crippen molar-refractivity contribution >= 4 is 21.6 Å². The second kappa shape index (κ2) is 8.38. The predicted octanol–water partition coefficient (Wildman–Crippen LogP) is 2.85. The Bertz CT molecular complexity index is 1000. The van der Waals surface area contributed by atoms with E-state index < -0.39 is 10.0 Å². The molecule has 0 bridgehead atoms. The van der Waals surface area contributed by atoms with Gasteiger partial charge in [-0.15, -0.1) is 0 Å². The maximum atomic E-state index is 12.5. The molecule has 1 aliphatic rings. The summed E-state index contributed by atoms with van der Waals surface area (Å²) >= 11 is 0. The molecule has 0 fully saturated rings. The molecule has 2 aromatic carbocycles. The molecule has 6 heteroatoms. The average molecular weight is 382 g/mol. The van der Waals surface area contributed by atoms with Gasteiger partial charge in [0.15, 0.2) is 0 Å². The minimum absolute atomic E-state index is 0.0346. The summed E-state index contributed by atoms with van der Waals surface area (Å²) in [6.45, 7) is 1.48. The van der Waals surface area contributed by atoms with Gasteiger partial charge >= 0.3 is 0 Å². The van der Waals surface area contributed by atoms with Gasteiger partial charge in [-0.25, -0.2) is 8.42 Å². The molecule has 1 amide bonds. The zero-order valence-electron chi connectivity index (χ0n) is 15.2. The van der Waals surface area contributed by atoms with Crippen LogP contribution in [0.25, 0.3) is 0 Å². The number of amides is 1. The molecule has 0 unspecified atom stereocenters. The van der Waals surface area contributed by atoms with Crippen molar-refractivity contribution in [1.82, 2.24) is 4.72 Å². The predicted molar refractivity (Wildman–Crippen MR) is 106 cm³/mol. The van der Waals surface area contributed by atoms with Crippen LogP contribution in [0.4, 0.5) is 5.69 Å². The van der Waals surface area contributed by atoms with Gasteiger partial charge in [-0.2, -0.15) is 4.72 Å². The first-order valence-electron chi connectivity index (χ1n) is 8.92. The van der Waals surface area contributed by atoms with Crippen LogP contribution in [0.15, 0.2) is 47.4 Å². The number of benzene rings is 2. The summed E-state index contributed by atoms with van der Waals surface area (Å²) in [6, 6.07) is 12.4. The first-order chi connectivity index (χ1) is 12.9. The number of hydrogen-bond donors (Lipinski definition) is 2. The lowest BCUT2D eigenvalue weighted by molar-refractivity contribution is -0.114. The second-order valence-electron chi connectivity index (χ2n) is 6.52. The number of rotatable bonds is 4. The van der Waals surface area contributed by atoms with Crippen LogP contribution in [-0.2, 0) is 27.7 Å². The van der Waals surface area contributed by atoms with E-state index in [1.54, 1.807) is 36.4 Å². The molecule has 0 radical (unpaired) electrons. The van der Waals surface area contributed by atoms with E-state index in [2.05, 4.69) is 21.9 Å². The lowest BCUT2D eigenvalue weighted by Gasteiger charge is -2.16. The highest BCUT2D eigenvalue weighted by Crippen LogP contribution is 2.23. The van der Waals surface area contributed by atoms with Gasteiger partial charge in [-0.1, -0.05) is 17.9 Å². The molecule has 1 aliphatic carbocycles. The van der Waals surface area contributed by atoms with E-state index in [0.717, 1.165) is 30.4 Å². The molecule has 140 valence electrons. The summed E-state index contributed by atoms with van der Waals surface area (Å²) in [5, 5.41) is 2.68. The number of aryl methyl sites for hydroxylation is 2. The van der Waals surface area contributed by atoms with Crippen molar-refractivity contribution in [1.29, 1.82) is 0 Å². The molecule has 0 aromatic heterocycles. The normalized spacial score (nSPS) is 13.2. The van der Waals surface area contributed by atoms with Crippen LogP contribution >= 0.6 is 0 Å². The highest BCUT2D eigenvalue weighted by Gasteiger charge is 2.16. The average Bonchev–Trinajstić information content (AvgIpc) is 2.65. The van der Waals surface area contributed by atoms with E-state index in [1.807, 2.05) is 6.07 Å². The van der Waals surface area contributed by atoms with Crippen LogP contribution in [0.2, 0.25) is 0 Å². The van der Waals surface area contributed by atoms with E-state index in [1.165, 1.54) is 18.9 Å². The molecule has 5 nitrogen and oxygen atoms in total. The molecular formula is C21H22N2O3S. The maximum Gasteiger partial charge on any atom is 0.241 e. The lowest BCUT2D eigenvalue weighted by atomic mass is 9.92. The largest absolute Gasteiger partial charge is 0.326 e. The highest BCUT2D eigenvalue weighted by molar-refractivity contribution is 7.89. The van der Waals surface area contributed by atoms with Crippen LogP contribution in [0.3, 0.4) is 0 Å². The van der Waals surface area contributed by atoms with E-state index in [9.17, 15) is 13.2 Å². The Hall–Kier alpha value is -2.62. The monoisotopic (exact) mass is 382 g/mol. The maximum absolute atomic E-state index is 12.5. The number of carbonyl (C=O) groups is 1. The van der Waals surface area contributed by atoms with Crippen LogP contribution < -0.4 is 10.0 Å². The van der Waals surface area contributed by atoms with Gasteiger partial charge in [-0.3, -0.25) is 4.79 Å². The number of anilines is 1. The van der Waals surface area contributed by atoms with Crippen LogP contribution in [0.1, 0.15) is 36.5 Å². The van der Waals surface area contributed by atoms with E-state index in [4.69, 9.17) is 0 Å². The molecule has 0 spiro atoms. The van der Waals surface area contributed by atoms with Crippen molar-refractivity contribution in [3.05, 3.63) is 59.2 Å². The van der Waals surface area contributed by atoms with Crippen molar-refractivity contribution in [2.45, 2.75) is 37.5 Å². The minimum Gasteiger partial charge on any atom is -0.326 e. The lowest BCUT2D eigenvalue weighted by Crippen LogP contribution is -2.24. The van der Waals surface area contributed by atoms with Crippen LogP contribution in [0.5, 0.6) is 0 Å². The summed E-state index contributed by atoms with van der Waals surface area (Å²) < 4.78 is 27.4. The first-order valence-corrected chi connectivity index (χ1v) is 10.4. The van der Waals surface area contributed by atoms with E-state index in [-0.39, 0.29) is 12.5 Å². The van der Waals surface area contributed by atoms with E-state index >= 15 is 0 Å². The molecule has 3 rings (SSSR count). The van der Waals surface area contributed by atoms with Crippen molar-refractivity contribution in [3.63, 3.8) is 0 Å². The molecule has 0 saturated heterocycles. The summed E-state index contributed by atoms with van der Waals surface area (Å²) in [5.41, 5.74) is 3.83. The third-order valence-electron chi connectivity index (χ3n) is 4.42. The summed E-state index contributed by atoms with van der Waals surface area (Å²) in [7, 11) is -3.57. The summed E-state index contributed by atoms with van der Waals surface area (Å²) in [5.74, 6) is 5.60. The second-order valence-corrected chi connectivity index (χ2v) is 8.29. The van der Waals surface area contributed by atoms with E-state index in [0.29, 0.717) is 10.6 Å². The first kappa shape index (κ1) is 19.2. The number of nitrogens with one attached hydrogen (secondary N) is 2. The zero-order chi connectivity index (χ0) is 19.3. The standard InChI is InChI=1S/C21H22N2O3S/c1-16(24)23-20-11-8-17(9-12-20)5-4-14-22-27(25,26)21-13-10-18-6-2-3-7-19(18)15-21/h8-13,15,22H,2-3,6-7,14H2,1H3,(H,23,24). The smallest absolute Gasteiger partial charge is 0.241 e. The van der Waals surface area contributed by atoms with Gasteiger partial charge in [0.1, 0.15) is 0 Å². The van der Waals surface area contributed by atoms with Gasteiger partial charge in [0.05, 0.1) is 11.4 Å². The molecule has 0 aliphatic heterocycles. The summed E-state index contributed by atoms with van der Waals surface area (Å²) in [6.07, 6.45) is 4.23. The van der Waals surface area contributed by atoms with Crippen molar-refractivity contribution in [2.75, 3.05) is 11.9 Å². The van der Waals surface area contributed by atoms with Crippen molar-refractivity contribution in [3.8, 4) is 11.8 Å². The molecule has 27 heavy (non-hydrogen) atoms. The molecule has 0 saturated carbocycles. The fraction of sp³-hybridized carbons (Fsp3) is 0.286. The molecular weight excluding hydrogens is 360 g/mol. The topological polar surface area (TPSA) is 75.3 Å². The van der Waals surface area contributed by atoms with Gasteiger partial charge in [0.2, 0.25) is 15.9 Å². The van der Waals surface area contributed by atoms with Gasteiger partial charge in [0, 0.05) is 18.2 Å². The SMILES string of the molecule is CC(=O)Nc1ccc(C#CCNS(=O)(=O)c2ccc3c(c2)CCCC3)cc1. The Morgan fingerprint density at radius 2 is 1.74 bits per heavy atom. The fourth-order valence-corrected chi connectivity index (χ4v) is 4.05. The molecule has 2 aromatic rings. The van der Waals surface area contributed by atoms with Crippen LogP contribution in [0, 0.1) is 11.8 Å². The van der Waals surface area contributed by atoms with Gasteiger partial charge in [0.25, 0.3) is 0 Å². The van der Waals surface area contributed by atoms with Gasteiger partial charge in [-0.05, 0) is 73.2 Å². The zero-order valence-corrected chi connectivity index (χ0v) is 16.0. The van der Waals surface area contributed by atoms with Crippen molar-refractivity contribution < 1.29 is 13.2 Å². The third kappa shape index (κ3) is 5.19. The minimum atomic E-state index is -3.57. The Labute approximate surface area is 160 Å². The quantitative estimate of drug-likeness (QED) is 0.799. The Kier molecular flexibility index (Phi) is 5.94. The fourth-order valence-electron chi connectivity index (χ4n) is 3.08. The Morgan fingerprint density at radius 1 is 1.04 bits per heavy atom. The van der Waals surface area contributed by atoms with Gasteiger partial charge < -0.3 is 5.32 Å². The number of fused-ring (bicyclic) bond motifs is 1. The molecule has 0 heterocycles. The Balaban J connectivity index is 1.61. The van der Waals surface area contributed by atoms with Crippen LogP contribution in [-0.4, -0.2) is 20.9 Å². The third-order valence-corrected chi connectivity index (χ3v) is 5.82. The molecule has 2 N–H and O–H groups in total. The summed E-state index contributed by atoms with van der Waals surface area (Å²) in [4.78, 5) is 11.3. The number of carbonyl (C=O) groups excluding carboxylic acids is 1. The number of sulfonamides is 1. The Morgan fingerprint density at radius 3 is 2.44 bits per heavy atom. The molecule has 0 atom stereocenters. The van der Waals surface area contributed by atoms with Crippen molar-refractivity contribution in [2.24, 2.45) is 0 Å². The highest BCUT2D eigenvalue weighted by atomic mass is 32.2.